The Kier molecular flexibility index (Phi) is 1.65. The third-order valence-electron chi connectivity index (χ3n) is 5.83. The summed E-state index contributed by atoms with van der Waals surface area (Å²) in [6, 6.07) is 0. The van der Waals surface area contributed by atoms with Gasteiger partial charge < -0.3 is 0 Å². The fourth-order valence-corrected chi connectivity index (χ4v) is 5.09. The fourth-order valence-electron chi connectivity index (χ4n) is 5.09. The van der Waals surface area contributed by atoms with Crippen LogP contribution in [0.1, 0.15) is 47.5 Å². The van der Waals surface area contributed by atoms with E-state index in [0.29, 0.717) is 16.4 Å². The molecule has 0 aromatic carbocycles. The number of rotatable bonds is 0. The Balaban J connectivity index is 2.03. The standard InChI is InChI=1S/C14H25N/c1-12(2,3)14-7-6-8-15(14)9-10-11(14)13(10,4)5/h10-11H,6-9H2,1-5H3. The molecule has 0 radical (unpaired) electrons. The lowest BCUT2D eigenvalue weighted by atomic mass is 9.68. The Morgan fingerprint density at radius 3 is 2.47 bits per heavy atom. The highest BCUT2D eigenvalue weighted by molar-refractivity contribution is 5.27. The molecule has 3 fully saturated rings. The third-order valence-corrected chi connectivity index (χ3v) is 5.83. The zero-order valence-electron chi connectivity index (χ0n) is 10.9. The molecule has 15 heavy (non-hydrogen) atoms. The van der Waals surface area contributed by atoms with E-state index in [1.165, 1.54) is 25.9 Å². The summed E-state index contributed by atoms with van der Waals surface area (Å²) in [4.78, 5) is 2.83. The summed E-state index contributed by atoms with van der Waals surface area (Å²) < 4.78 is 0. The van der Waals surface area contributed by atoms with Crippen LogP contribution >= 0.6 is 0 Å². The quantitative estimate of drug-likeness (QED) is 0.590. The first-order valence-corrected chi connectivity index (χ1v) is 6.57. The van der Waals surface area contributed by atoms with Gasteiger partial charge in [0.05, 0.1) is 0 Å². The molecular weight excluding hydrogens is 182 g/mol. The predicted octanol–water partition coefficient (Wildman–Crippen LogP) is 3.15. The molecule has 2 heterocycles. The average molecular weight is 207 g/mol. The maximum absolute atomic E-state index is 2.83. The van der Waals surface area contributed by atoms with Crippen molar-refractivity contribution < 1.29 is 0 Å². The van der Waals surface area contributed by atoms with Crippen molar-refractivity contribution in [2.24, 2.45) is 22.7 Å². The minimum absolute atomic E-state index is 0.455. The predicted molar refractivity (Wildman–Crippen MR) is 63.8 cm³/mol. The van der Waals surface area contributed by atoms with Crippen molar-refractivity contribution >= 4 is 0 Å². The molecule has 1 aliphatic carbocycles. The summed E-state index contributed by atoms with van der Waals surface area (Å²) in [6.07, 6.45) is 2.87. The first kappa shape index (κ1) is 10.1. The molecule has 2 aliphatic heterocycles. The normalized spacial score (nSPS) is 47.8. The van der Waals surface area contributed by atoms with Crippen molar-refractivity contribution in [3.63, 3.8) is 0 Å². The van der Waals surface area contributed by atoms with Crippen LogP contribution in [0.4, 0.5) is 0 Å². The highest BCUT2D eigenvalue weighted by Crippen LogP contribution is 2.74. The first-order chi connectivity index (χ1) is 6.82. The van der Waals surface area contributed by atoms with Crippen molar-refractivity contribution in [2.75, 3.05) is 13.1 Å². The van der Waals surface area contributed by atoms with E-state index < -0.39 is 0 Å². The molecule has 86 valence electrons. The summed E-state index contributed by atoms with van der Waals surface area (Å²) in [5.41, 5.74) is 1.63. The molecule has 3 rings (SSSR count). The lowest BCUT2D eigenvalue weighted by Crippen LogP contribution is -2.53. The summed E-state index contributed by atoms with van der Waals surface area (Å²) in [6.45, 7) is 15.1. The second-order valence-corrected chi connectivity index (χ2v) is 7.63. The summed E-state index contributed by atoms with van der Waals surface area (Å²) in [7, 11) is 0. The van der Waals surface area contributed by atoms with Crippen LogP contribution in [0.25, 0.3) is 0 Å². The summed E-state index contributed by atoms with van der Waals surface area (Å²) in [5, 5.41) is 0. The molecule has 1 heteroatoms. The fraction of sp³-hybridized carbons (Fsp3) is 1.00. The van der Waals surface area contributed by atoms with Gasteiger partial charge >= 0.3 is 0 Å². The maximum Gasteiger partial charge on any atom is 0.0295 e. The van der Waals surface area contributed by atoms with Gasteiger partial charge in [-0.15, -0.1) is 0 Å². The van der Waals surface area contributed by atoms with Crippen LogP contribution in [-0.2, 0) is 0 Å². The van der Waals surface area contributed by atoms with Gasteiger partial charge in [-0.25, -0.2) is 0 Å². The maximum atomic E-state index is 2.83. The van der Waals surface area contributed by atoms with Gasteiger partial charge in [-0.05, 0) is 42.1 Å². The topological polar surface area (TPSA) is 3.24 Å². The van der Waals surface area contributed by atoms with Crippen LogP contribution in [-0.4, -0.2) is 23.5 Å². The van der Waals surface area contributed by atoms with Gasteiger partial charge in [0.15, 0.2) is 0 Å². The molecule has 3 aliphatic rings. The first-order valence-electron chi connectivity index (χ1n) is 6.57. The molecule has 3 unspecified atom stereocenters. The van der Waals surface area contributed by atoms with Crippen LogP contribution < -0.4 is 0 Å². The van der Waals surface area contributed by atoms with Crippen LogP contribution in [0.3, 0.4) is 0 Å². The van der Waals surface area contributed by atoms with Crippen molar-refractivity contribution in [2.45, 2.75) is 53.0 Å². The van der Waals surface area contributed by atoms with Gasteiger partial charge in [0.2, 0.25) is 0 Å². The minimum Gasteiger partial charge on any atom is -0.297 e. The smallest absolute Gasteiger partial charge is 0.0295 e. The van der Waals surface area contributed by atoms with Crippen LogP contribution in [0.15, 0.2) is 0 Å². The van der Waals surface area contributed by atoms with E-state index in [9.17, 15) is 0 Å². The monoisotopic (exact) mass is 207 g/mol. The molecule has 1 saturated carbocycles. The average Bonchev–Trinajstić information content (AvgIpc) is 2.47. The highest BCUT2D eigenvalue weighted by Gasteiger charge is 2.76. The van der Waals surface area contributed by atoms with Gasteiger partial charge in [0.25, 0.3) is 0 Å². The second kappa shape index (κ2) is 2.45. The molecule has 0 N–H and O–H groups in total. The SMILES string of the molecule is CC1(C)C2CN3CCCC3(C(C)(C)C)C21. The second-order valence-electron chi connectivity index (χ2n) is 7.63. The van der Waals surface area contributed by atoms with E-state index in [1.807, 2.05) is 0 Å². The number of fused-ring (bicyclic) bond motifs is 3. The van der Waals surface area contributed by atoms with Crippen LogP contribution in [0.2, 0.25) is 0 Å². The zero-order chi connectivity index (χ0) is 11.1. The number of hydrogen-bond donors (Lipinski definition) is 0. The zero-order valence-corrected chi connectivity index (χ0v) is 10.9. The van der Waals surface area contributed by atoms with Gasteiger partial charge in [-0.1, -0.05) is 34.6 Å². The molecule has 2 saturated heterocycles. The number of nitrogens with zero attached hydrogens (tertiary/aromatic N) is 1. The Hall–Kier alpha value is -0.0400. The molecule has 0 aromatic heterocycles. The lowest BCUT2D eigenvalue weighted by Gasteiger charge is -2.48. The lowest BCUT2D eigenvalue weighted by molar-refractivity contribution is 0.0176. The van der Waals surface area contributed by atoms with E-state index in [4.69, 9.17) is 0 Å². The van der Waals surface area contributed by atoms with E-state index in [1.54, 1.807) is 0 Å². The Labute approximate surface area is 94.2 Å². The third kappa shape index (κ3) is 0.945. The molecule has 0 aromatic rings. The van der Waals surface area contributed by atoms with Gasteiger partial charge in [0, 0.05) is 12.1 Å². The van der Waals surface area contributed by atoms with E-state index in [0.717, 1.165) is 11.8 Å². The molecule has 0 bridgehead atoms. The molecule has 3 atom stereocenters. The summed E-state index contributed by atoms with van der Waals surface area (Å²) in [5.74, 6) is 1.98. The number of piperidine rings is 1. The van der Waals surface area contributed by atoms with Crippen LogP contribution in [0.5, 0.6) is 0 Å². The Bertz CT molecular complexity index is 299. The largest absolute Gasteiger partial charge is 0.297 e. The van der Waals surface area contributed by atoms with Crippen molar-refractivity contribution in [3.05, 3.63) is 0 Å². The van der Waals surface area contributed by atoms with Crippen LogP contribution in [0, 0.1) is 22.7 Å². The molecule has 0 spiro atoms. The summed E-state index contributed by atoms with van der Waals surface area (Å²) >= 11 is 0. The number of hydrogen-bond acceptors (Lipinski definition) is 1. The van der Waals surface area contributed by atoms with Crippen molar-refractivity contribution in [3.8, 4) is 0 Å². The van der Waals surface area contributed by atoms with E-state index >= 15 is 0 Å². The Morgan fingerprint density at radius 2 is 1.87 bits per heavy atom. The minimum atomic E-state index is 0.455. The Morgan fingerprint density at radius 1 is 1.20 bits per heavy atom. The van der Waals surface area contributed by atoms with E-state index in [-0.39, 0.29) is 0 Å². The molecule has 1 nitrogen and oxygen atoms in total. The highest BCUT2D eigenvalue weighted by atomic mass is 15.3. The van der Waals surface area contributed by atoms with E-state index in [2.05, 4.69) is 39.5 Å². The van der Waals surface area contributed by atoms with Crippen molar-refractivity contribution in [1.82, 2.24) is 4.90 Å². The van der Waals surface area contributed by atoms with Crippen molar-refractivity contribution in [1.29, 1.82) is 0 Å². The van der Waals surface area contributed by atoms with Gasteiger partial charge in [-0.3, -0.25) is 4.90 Å². The van der Waals surface area contributed by atoms with Gasteiger partial charge in [-0.2, -0.15) is 0 Å². The molecule has 0 amide bonds. The van der Waals surface area contributed by atoms with Gasteiger partial charge in [0.1, 0.15) is 0 Å². The molecular formula is C14H25N.